The maximum atomic E-state index is 14.4. The molecule has 2 aromatic carbocycles. The lowest BCUT2D eigenvalue weighted by Gasteiger charge is -2.41. The van der Waals surface area contributed by atoms with Crippen LogP contribution in [0.1, 0.15) is 37.1 Å². The molecule has 0 radical (unpaired) electrons. The van der Waals surface area contributed by atoms with Crippen LogP contribution in [-0.4, -0.2) is 48.8 Å². The number of ether oxygens (including phenoxy) is 2. The van der Waals surface area contributed by atoms with Gasteiger partial charge in [0.2, 0.25) is 0 Å². The number of rotatable bonds is 4. The molecule has 2 saturated heterocycles. The SMILES string of the molecule is COC(=O)[C@]1(C)N[C@H](c2cccc(F)c2)[C@@H]2C(=O)[C@@H]3[C@H](C(=O)[C@@H]21)[C@H](c1cccc(F)c1)N[C@]3(C)C(=O)OC. The van der Waals surface area contributed by atoms with Gasteiger partial charge in [0, 0.05) is 23.9 Å². The number of halogens is 2. The Kier molecular flexibility index (Phi) is 6.23. The quantitative estimate of drug-likeness (QED) is 0.585. The molecular formula is C28H28F2N2O6. The molecule has 10 heteroatoms. The summed E-state index contributed by atoms with van der Waals surface area (Å²) >= 11 is 0. The third-order valence-corrected chi connectivity index (χ3v) is 8.50. The van der Waals surface area contributed by atoms with Crippen molar-refractivity contribution in [3.63, 3.8) is 0 Å². The maximum absolute atomic E-state index is 14.4. The number of Topliss-reactive ketones (excluding diaryl/α,β-unsaturated/α-hetero) is 2. The van der Waals surface area contributed by atoms with Crippen molar-refractivity contribution in [1.82, 2.24) is 10.6 Å². The summed E-state index contributed by atoms with van der Waals surface area (Å²) in [6, 6.07) is 9.31. The number of hydrogen-bond acceptors (Lipinski definition) is 8. The monoisotopic (exact) mass is 526 g/mol. The van der Waals surface area contributed by atoms with E-state index in [0.717, 1.165) is 0 Å². The van der Waals surface area contributed by atoms with Gasteiger partial charge >= 0.3 is 11.9 Å². The Morgan fingerprint density at radius 1 is 0.737 bits per heavy atom. The van der Waals surface area contributed by atoms with Gasteiger partial charge in [-0.2, -0.15) is 0 Å². The Hall–Kier alpha value is -3.50. The third-order valence-electron chi connectivity index (χ3n) is 8.50. The molecule has 0 spiro atoms. The lowest BCUT2D eigenvalue weighted by Crippen LogP contribution is -2.60. The summed E-state index contributed by atoms with van der Waals surface area (Å²) in [5.74, 6) is -8.09. The van der Waals surface area contributed by atoms with Gasteiger partial charge in [-0.05, 0) is 49.2 Å². The highest BCUT2D eigenvalue weighted by molar-refractivity contribution is 6.08. The predicted molar refractivity (Wildman–Crippen MR) is 129 cm³/mol. The molecule has 1 aliphatic carbocycles. The first kappa shape index (κ1) is 26.1. The van der Waals surface area contributed by atoms with E-state index in [0.29, 0.717) is 11.1 Å². The Labute approximate surface area is 218 Å². The number of benzene rings is 2. The van der Waals surface area contributed by atoms with E-state index in [1.54, 1.807) is 12.1 Å². The van der Waals surface area contributed by atoms with E-state index < -0.39 is 82.0 Å². The fourth-order valence-electron chi connectivity index (χ4n) is 6.88. The van der Waals surface area contributed by atoms with Crippen molar-refractivity contribution in [3.05, 3.63) is 71.3 Å². The van der Waals surface area contributed by atoms with Crippen LogP contribution in [0.3, 0.4) is 0 Å². The number of esters is 2. The third kappa shape index (κ3) is 3.61. The van der Waals surface area contributed by atoms with Crippen molar-refractivity contribution in [2.75, 3.05) is 14.2 Å². The fraction of sp³-hybridized carbons (Fsp3) is 0.429. The molecule has 2 aliphatic heterocycles. The molecule has 0 aromatic heterocycles. The first-order valence-corrected chi connectivity index (χ1v) is 12.3. The second-order valence-corrected chi connectivity index (χ2v) is 10.6. The van der Waals surface area contributed by atoms with E-state index >= 15 is 0 Å². The minimum absolute atomic E-state index is 0.375. The Morgan fingerprint density at radius 3 is 1.42 bits per heavy atom. The number of ketones is 2. The van der Waals surface area contributed by atoms with Gasteiger partial charge < -0.3 is 9.47 Å². The average Bonchev–Trinajstić information content (AvgIpc) is 3.40. The summed E-state index contributed by atoms with van der Waals surface area (Å²) in [5.41, 5.74) is -2.49. The molecule has 0 amide bonds. The van der Waals surface area contributed by atoms with Crippen LogP contribution < -0.4 is 10.6 Å². The number of hydrogen-bond donors (Lipinski definition) is 2. The molecule has 2 N–H and O–H groups in total. The van der Waals surface area contributed by atoms with E-state index in [1.165, 1.54) is 64.5 Å². The number of fused-ring (bicyclic) bond motifs is 2. The van der Waals surface area contributed by atoms with Crippen molar-refractivity contribution in [2.45, 2.75) is 37.0 Å². The van der Waals surface area contributed by atoms with Crippen LogP contribution in [0, 0.1) is 35.3 Å². The van der Waals surface area contributed by atoms with Crippen molar-refractivity contribution >= 4 is 23.5 Å². The van der Waals surface area contributed by atoms with E-state index in [1.807, 2.05) is 0 Å². The van der Waals surface area contributed by atoms with Crippen LogP contribution in [0.4, 0.5) is 8.78 Å². The zero-order valence-electron chi connectivity index (χ0n) is 21.3. The summed E-state index contributed by atoms with van der Waals surface area (Å²) in [6.45, 7) is 2.97. The highest BCUT2D eigenvalue weighted by Gasteiger charge is 2.72. The predicted octanol–water partition coefficient (Wildman–Crippen LogP) is 2.43. The number of nitrogens with one attached hydrogen (secondary N) is 2. The molecule has 8 nitrogen and oxygen atoms in total. The Morgan fingerprint density at radius 2 is 1.11 bits per heavy atom. The van der Waals surface area contributed by atoms with E-state index in [2.05, 4.69) is 10.6 Å². The molecule has 5 rings (SSSR count). The molecule has 0 bridgehead atoms. The van der Waals surface area contributed by atoms with Gasteiger partial charge in [-0.3, -0.25) is 29.8 Å². The number of carbonyl (C=O) groups is 4. The van der Waals surface area contributed by atoms with Crippen molar-refractivity contribution in [3.8, 4) is 0 Å². The van der Waals surface area contributed by atoms with Gasteiger partial charge in [-0.15, -0.1) is 0 Å². The number of carbonyl (C=O) groups excluding carboxylic acids is 4. The summed E-state index contributed by atoms with van der Waals surface area (Å²) in [6.07, 6.45) is 0. The highest BCUT2D eigenvalue weighted by Crippen LogP contribution is 2.57. The molecule has 3 aliphatic rings. The largest absolute Gasteiger partial charge is 0.468 e. The van der Waals surface area contributed by atoms with Gasteiger partial charge in [0.05, 0.1) is 26.1 Å². The first-order valence-electron chi connectivity index (χ1n) is 12.3. The fourth-order valence-corrected chi connectivity index (χ4v) is 6.88. The second kappa shape index (κ2) is 9.06. The molecular weight excluding hydrogens is 498 g/mol. The molecule has 2 heterocycles. The van der Waals surface area contributed by atoms with Crippen LogP contribution in [0.5, 0.6) is 0 Å². The Bertz CT molecular complexity index is 1250. The van der Waals surface area contributed by atoms with Gasteiger partial charge in [0.15, 0.2) is 0 Å². The number of methoxy groups -OCH3 is 2. The van der Waals surface area contributed by atoms with E-state index in [9.17, 15) is 28.0 Å². The smallest absolute Gasteiger partial charge is 0.326 e. The van der Waals surface area contributed by atoms with Crippen molar-refractivity contribution in [1.29, 1.82) is 0 Å². The maximum Gasteiger partial charge on any atom is 0.326 e. The van der Waals surface area contributed by atoms with Gasteiger partial charge in [-0.1, -0.05) is 24.3 Å². The zero-order chi connectivity index (χ0) is 27.6. The Balaban J connectivity index is 1.70. The summed E-state index contributed by atoms with van der Waals surface area (Å²) in [4.78, 5) is 55.0. The zero-order valence-corrected chi connectivity index (χ0v) is 21.3. The van der Waals surface area contributed by atoms with Gasteiger partial charge in [-0.25, -0.2) is 8.78 Å². The summed E-state index contributed by atoms with van der Waals surface area (Å²) in [7, 11) is 2.36. The minimum atomic E-state index is -1.62. The standard InChI is InChI=1S/C28H28F2N2O6/c1-27(25(35)37-3)19-17(21(31-27)13-7-5-9-15(29)11-13)24(34)20-18(23(19)33)22(14-8-6-10-16(30)12-14)32-28(20,2)26(36)38-4/h5-12,17-22,31-32H,1-4H3/t17-,18+,19-,20+,21-,22+,27-,28+. The second-order valence-electron chi connectivity index (χ2n) is 10.6. The molecule has 2 aromatic rings. The molecule has 200 valence electrons. The first-order chi connectivity index (χ1) is 18.0. The van der Waals surface area contributed by atoms with Gasteiger partial charge in [0.25, 0.3) is 0 Å². The van der Waals surface area contributed by atoms with Crippen LogP contribution in [0.25, 0.3) is 0 Å². The molecule has 1 saturated carbocycles. The molecule has 3 fully saturated rings. The molecule has 8 atom stereocenters. The summed E-state index contributed by atoms with van der Waals surface area (Å²) in [5, 5.41) is 6.22. The molecule has 0 unspecified atom stereocenters. The average molecular weight is 527 g/mol. The minimum Gasteiger partial charge on any atom is -0.468 e. The van der Waals surface area contributed by atoms with E-state index in [4.69, 9.17) is 9.47 Å². The van der Waals surface area contributed by atoms with Crippen LogP contribution in [0.2, 0.25) is 0 Å². The normalized spacial score (nSPS) is 35.9. The lowest BCUT2D eigenvalue weighted by atomic mass is 9.58. The summed E-state index contributed by atoms with van der Waals surface area (Å²) < 4.78 is 38.5. The van der Waals surface area contributed by atoms with Crippen LogP contribution in [0.15, 0.2) is 48.5 Å². The van der Waals surface area contributed by atoms with Crippen molar-refractivity contribution in [2.24, 2.45) is 23.7 Å². The van der Waals surface area contributed by atoms with Crippen LogP contribution >= 0.6 is 0 Å². The van der Waals surface area contributed by atoms with E-state index in [-0.39, 0.29) is 0 Å². The lowest BCUT2D eigenvalue weighted by molar-refractivity contribution is -0.160. The van der Waals surface area contributed by atoms with Crippen LogP contribution in [-0.2, 0) is 28.7 Å². The van der Waals surface area contributed by atoms with Gasteiger partial charge in [0.1, 0.15) is 34.3 Å². The topological polar surface area (TPSA) is 111 Å². The van der Waals surface area contributed by atoms with Crippen molar-refractivity contribution < 1.29 is 37.4 Å². The molecule has 38 heavy (non-hydrogen) atoms. The highest BCUT2D eigenvalue weighted by atomic mass is 19.1.